The van der Waals surface area contributed by atoms with Crippen LogP contribution in [0.2, 0.25) is 0 Å². The van der Waals surface area contributed by atoms with Crippen LogP contribution in [0.1, 0.15) is 37.3 Å². The van der Waals surface area contributed by atoms with E-state index in [9.17, 15) is 4.79 Å². The number of carbonyl (C=O) groups excluding carboxylic acids is 1. The Morgan fingerprint density at radius 2 is 2.00 bits per heavy atom. The molecule has 1 radical (unpaired) electrons. The van der Waals surface area contributed by atoms with Gasteiger partial charge >= 0.3 is 0 Å². The van der Waals surface area contributed by atoms with Gasteiger partial charge in [-0.1, -0.05) is 38.1 Å². The summed E-state index contributed by atoms with van der Waals surface area (Å²) < 4.78 is 0. The van der Waals surface area contributed by atoms with Crippen molar-refractivity contribution in [2.45, 2.75) is 32.6 Å². The van der Waals surface area contributed by atoms with E-state index in [-0.39, 0.29) is 0 Å². The SMILES string of the molecule is CC(C)c1ccccc1CC[C]=O. The summed E-state index contributed by atoms with van der Waals surface area (Å²) in [5.41, 5.74) is 2.62. The minimum absolute atomic E-state index is 0.504. The molecule has 0 fully saturated rings. The Hall–Kier alpha value is -1.11. The van der Waals surface area contributed by atoms with E-state index in [1.807, 2.05) is 18.4 Å². The van der Waals surface area contributed by atoms with Gasteiger partial charge in [0.05, 0.1) is 0 Å². The average molecular weight is 175 g/mol. The summed E-state index contributed by atoms with van der Waals surface area (Å²) in [5, 5.41) is 0. The highest BCUT2D eigenvalue weighted by atomic mass is 16.1. The van der Waals surface area contributed by atoms with Gasteiger partial charge in [0.1, 0.15) is 0 Å². The normalized spacial score (nSPS) is 10.4. The smallest absolute Gasteiger partial charge is 0.198 e. The molecule has 1 aromatic carbocycles. The molecule has 0 atom stereocenters. The molecule has 1 rings (SSSR count). The van der Waals surface area contributed by atoms with Gasteiger partial charge in [-0.05, 0) is 23.5 Å². The Labute approximate surface area is 79.8 Å². The van der Waals surface area contributed by atoms with E-state index in [0.717, 1.165) is 6.42 Å². The first-order chi connectivity index (χ1) is 6.25. The molecular formula is C12H15O. The molecule has 0 bridgehead atoms. The Balaban J connectivity index is 2.84. The van der Waals surface area contributed by atoms with Crippen LogP contribution < -0.4 is 0 Å². The zero-order valence-corrected chi connectivity index (χ0v) is 8.21. The van der Waals surface area contributed by atoms with Crippen molar-refractivity contribution >= 4 is 6.29 Å². The third kappa shape index (κ3) is 2.69. The van der Waals surface area contributed by atoms with Gasteiger partial charge in [0, 0.05) is 6.42 Å². The van der Waals surface area contributed by atoms with Crippen molar-refractivity contribution in [2.75, 3.05) is 0 Å². The Morgan fingerprint density at radius 3 is 2.62 bits per heavy atom. The lowest BCUT2D eigenvalue weighted by molar-refractivity contribution is 0.551. The van der Waals surface area contributed by atoms with Crippen LogP contribution in [0.3, 0.4) is 0 Å². The summed E-state index contributed by atoms with van der Waals surface area (Å²) in [6, 6.07) is 8.28. The molecular weight excluding hydrogens is 160 g/mol. The van der Waals surface area contributed by atoms with E-state index in [1.54, 1.807) is 0 Å². The molecule has 1 nitrogen and oxygen atoms in total. The predicted octanol–water partition coefficient (Wildman–Crippen LogP) is 2.85. The second-order valence-corrected chi connectivity index (χ2v) is 3.50. The number of benzene rings is 1. The second-order valence-electron chi connectivity index (χ2n) is 3.50. The van der Waals surface area contributed by atoms with Crippen LogP contribution >= 0.6 is 0 Å². The summed E-state index contributed by atoms with van der Waals surface area (Å²) in [6.07, 6.45) is 3.25. The first kappa shape index (κ1) is 9.97. The molecule has 0 spiro atoms. The van der Waals surface area contributed by atoms with Crippen molar-refractivity contribution in [1.82, 2.24) is 0 Å². The topological polar surface area (TPSA) is 17.1 Å². The van der Waals surface area contributed by atoms with Gasteiger partial charge in [0.25, 0.3) is 0 Å². The third-order valence-electron chi connectivity index (χ3n) is 2.17. The summed E-state index contributed by atoms with van der Waals surface area (Å²) in [5.74, 6) is 0.530. The molecule has 0 aliphatic carbocycles. The second kappa shape index (κ2) is 4.80. The zero-order chi connectivity index (χ0) is 9.68. The fourth-order valence-corrected chi connectivity index (χ4v) is 1.51. The van der Waals surface area contributed by atoms with E-state index in [0.29, 0.717) is 12.3 Å². The lowest BCUT2D eigenvalue weighted by atomic mass is 9.95. The lowest BCUT2D eigenvalue weighted by Crippen LogP contribution is -1.96. The molecule has 0 amide bonds. The average Bonchev–Trinajstić information content (AvgIpc) is 2.15. The van der Waals surface area contributed by atoms with Crippen LogP contribution in [0.15, 0.2) is 24.3 Å². The molecule has 0 unspecified atom stereocenters. The maximum absolute atomic E-state index is 10.1. The molecule has 0 aliphatic heterocycles. The van der Waals surface area contributed by atoms with Gasteiger partial charge in [-0.2, -0.15) is 0 Å². The number of rotatable bonds is 4. The van der Waals surface area contributed by atoms with Crippen LogP contribution in [0, 0.1) is 0 Å². The van der Waals surface area contributed by atoms with Gasteiger partial charge in [0.2, 0.25) is 0 Å². The predicted molar refractivity (Wildman–Crippen MR) is 54.5 cm³/mol. The summed E-state index contributed by atoms with van der Waals surface area (Å²) in [7, 11) is 0. The summed E-state index contributed by atoms with van der Waals surface area (Å²) in [4.78, 5) is 10.1. The van der Waals surface area contributed by atoms with Crippen molar-refractivity contribution in [1.29, 1.82) is 0 Å². The lowest BCUT2D eigenvalue weighted by Gasteiger charge is -2.10. The third-order valence-corrected chi connectivity index (χ3v) is 2.17. The Bertz CT molecular complexity index is 276. The summed E-state index contributed by atoms with van der Waals surface area (Å²) in [6.45, 7) is 4.34. The molecule has 0 heterocycles. The Morgan fingerprint density at radius 1 is 1.31 bits per heavy atom. The van der Waals surface area contributed by atoms with Gasteiger partial charge in [-0.15, -0.1) is 0 Å². The quantitative estimate of drug-likeness (QED) is 0.687. The molecule has 13 heavy (non-hydrogen) atoms. The number of aryl methyl sites for hydroxylation is 1. The highest BCUT2D eigenvalue weighted by molar-refractivity contribution is 5.51. The fourth-order valence-electron chi connectivity index (χ4n) is 1.51. The van der Waals surface area contributed by atoms with Gasteiger partial charge in [-0.3, -0.25) is 4.79 Å². The molecule has 1 aromatic rings. The van der Waals surface area contributed by atoms with Crippen LogP contribution in [0.25, 0.3) is 0 Å². The van der Waals surface area contributed by atoms with Gasteiger partial charge in [0.15, 0.2) is 6.29 Å². The van der Waals surface area contributed by atoms with E-state index in [1.165, 1.54) is 11.1 Å². The first-order valence-electron chi connectivity index (χ1n) is 4.68. The number of hydrogen-bond acceptors (Lipinski definition) is 1. The van der Waals surface area contributed by atoms with Crippen LogP contribution in [0.4, 0.5) is 0 Å². The summed E-state index contributed by atoms with van der Waals surface area (Å²) >= 11 is 0. The molecule has 69 valence electrons. The molecule has 0 aliphatic rings. The minimum atomic E-state index is 0.504. The van der Waals surface area contributed by atoms with Crippen LogP contribution in [-0.2, 0) is 11.2 Å². The van der Waals surface area contributed by atoms with E-state index in [4.69, 9.17) is 0 Å². The minimum Gasteiger partial charge on any atom is -0.291 e. The standard InChI is InChI=1S/C12H15O/c1-10(2)12-8-4-3-6-11(12)7-5-9-13/h3-4,6,8,10H,5,7H2,1-2H3. The van der Waals surface area contributed by atoms with Crippen molar-refractivity contribution in [3.8, 4) is 0 Å². The highest BCUT2D eigenvalue weighted by Crippen LogP contribution is 2.19. The van der Waals surface area contributed by atoms with Crippen LogP contribution in [-0.4, -0.2) is 6.29 Å². The fraction of sp³-hybridized carbons (Fsp3) is 0.417. The first-order valence-corrected chi connectivity index (χ1v) is 4.68. The maximum atomic E-state index is 10.1. The van der Waals surface area contributed by atoms with Gasteiger partial charge in [-0.25, -0.2) is 0 Å². The maximum Gasteiger partial charge on any atom is 0.198 e. The zero-order valence-electron chi connectivity index (χ0n) is 8.21. The molecule has 0 saturated heterocycles. The van der Waals surface area contributed by atoms with Gasteiger partial charge < -0.3 is 0 Å². The molecule has 0 N–H and O–H groups in total. The molecule has 0 saturated carbocycles. The van der Waals surface area contributed by atoms with E-state index >= 15 is 0 Å². The molecule has 1 heteroatoms. The van der Waals surface area contributed by atoms with Crippen LogP contribution in [0.5, 0.6) is 0 Å². The Kier molecular flexibility index (Phi) is 3.69. The highest BCUT2D eigenvalue weighted by Gasteiger charge is 2.04. The number of hydrogen-bond donors (Lipinski definition) is 0. The van der Waals surface area contributed by atoms with Crippen molar-refractivity contribution in [2.24, 2.45) is 0 Å². The van der Waals surface area contributed by atoms with Crippen molar-refractivity contribution in [3.63, 3.8) is 0 Å². The van der Waals surface area contributed by atoms with Crippen molar-refractivity contribution < 1.29 is 4.79 Å². The largest absolute Gasteiger partial charge is 0.291 e. The monoisotopic (exact) mass is 175 g/mol. The molecule has 0 aromatic heterocycles. The van der Waals surface area contributed by atoms with Crippen molar-refractivity contribution in [3.05, 3.63) is 35.4 Å². The van der Waals surface area contributed by atoms with E-state index < -0.39 is 0 Å². The van der Waals surface area contributed by atoms with E-state index in [2.05, 4.69) is 26.0 Å².